The van der Waals surface area contributed by atoms with Crippen LogP contribution in [0.15, 0.2) is 30.6 Å². The summed E-state index contributed by atoms with van der Waals surface area (Å²) in [6, 6.07) is 4.90. The first-order valence-electron chi connectivity index (χ1n) is 6.35. The van der Waals surface area contributed by atoms with E-state index in [1.807, 2.05) is 13.0 Å². The third-order valence-electron chi connectivity index (χ3n) is 2.96. The first-order chi connectivity index (χ1) is 9.13. The van der Waals surface area contributed by atoms with Crippen LogP contribution >= 0.6 is 11.6 Å². The minimum absolute atomic E-state index is 0.0841. The first kappa shape index (κ1) is 14.0. The molecule has 1 heterocycles. The minimum Gasteiger partial charge on any atom is -0.310 e. The van der Waals surface area contributed by atoms with Gasteiger partial charge in [-0.3, -0.25) is 0 Å². The van der Waals surface area contributed by atoms with Crippen molar-refractivity contribution in [3.63, 3.8) is 0 Å². The number of rotatable bonds is 5. The van der Waals surface area contributed by atoms with Gasteiger partial charge in [0, 0.05) is 17.8 Å². The molecule has 0 aliphatic rings. The molecule has 0 radical (unpaired) electrons. The smallest absolute Gasteiger partial charge is 0.130 e. The molecule has 0 spiro atoms. The molecule has 5 heteroatoms. The Morgan fingerprint density at radius 1 is 1.47 bits per heavy atom. The Labute approximate surface area is 117 Å². The van der Waals surface area contributed by atoms with Crippen LogP contribution in [0.1, 0.15) is 31.9 Å². The van der Waals surface area contributed by atoms with Gasteiger partial charge >= 0.3 is 0 Å². The quantitative estimate of drug-likeness (QED) is 0.905. The van der Waals surface area contributed by atoms with Crippen LogP contribution in [-0.4, -0.2) is 16.3 Å². The number of halogens is 2. The standard InChI is InChI=1S/C14H17ClFN3/c1-3-7-17-10(2)14-12(16)5-4-6-13(14)19-9-11(15)8-18-19/h4-6,8-10,17H,3,7H2,1-2H3. The molecule has 1 N–H and O–H groups in total. The van der Waals surface area contributed by atoms with Crippen molar-refractivity contribution in [3.8, 4) is 5.69 Å². The molecule has 0 fully saturated rings. The number of aromatic nitrogens is 2. The van der Waals surface area contributed by atoms with Gasteiger partial charge in [-0.25, -0.2) is 9.07 Å². The lowest BCUT2D eigenvalue weighted by atomic mass is 10.1. The summed E-state index contributed by atoms with van der Waals surface area (Å²) >= 11 is 5.87. The van der Waals surface area contributed by atoms with Crippen molar-refractivity contribution in [2.45, 2.75) is 26.3 Å². The SMILES string of the molecule is CCCNC(C)c1c(F)cccc1-n1cc(Cl)cn1. The molecule has 0 amide bonds. The molecule has 2 aromatic rings. The van der Waals surface area contributed by atoms with E-state index in [2.05, 4.69) is 17.3 Å². The van der Waals surface area contributed by atoms with Gasteiger partial charge in [-0.1, -0.05) is 24.6 Å². The van der Waals surface area contributed by atoms with Crippen molar-refractivity contribution in [2.24, 2.45) is 0 Å². The summed E-state index contributed by atoms with van der Waals surface area (Å²) in [7, 11) is 0. The molecule has 102 valence electrons. The fraction of sp³-hybridized carbons (Fsp3) is 0.357. The van der Waals surface area contributed by atoms with E-state index in [4.69, 9.17) is 11.6 Å². The highest BCUT2D eigenvalue weighted by molar-refractivity contribution is 6.30. The van der Waals surface area contributed by atoms with E-state index in [9.17, 15) is 4.39 Å². The second-order valence-corrected chi connectivity index (χ2v) is 4.89. The molecule has 2 rings (SSSR count). The van der Waals surface area contributed by atoms with E-state index in [-0.39, 0.29) is 11.9 Å². The van der Waals surface area contributed by atoms with Crippen molar-refractivity contribution < 1.29 is 4.39 Å². The number of benzene rings is 1. The largest absolute Gasteiger partial charge is 0.310 e. The van der Waals surface area contributed by atoms with E-state index < -0.39 is 0 Å². The van der Waals surface area contributed by atoms with E-state index in [0.717, 1.165) is 13.0 Å². The van der Waals surface area contributed by atoms with Crippen LogP contribution in [0.5, 0.6) is 0 Å². The van der Waals surface area contributed by atoms with Gasteiger partial charge in [-0.15, -0.1) is 0 Å². The Morgan fingerprint density at radius 3 is 2.89 bits per heavy atom. The molecule has 3 nitrogen and oxygen atoms in total. The highest BCUT2D eigenvalue weighted by Gasteiger charge is 2.16. The second kappa shape index (κ2) is 6.17. The molecule has 19 heavy (non-hydrogen) atoms. The Balaban J connectivity index is 2.41. The van der Waals surface area contributed by atoms with Crippen molar-refractivity contribution in [3.05, 3.63) is 47.0 Å². The normalized spacial score (nSPS) is 12.6. The molecule has 1 aromatic carbocycles. The summed E-state index contributed by atoms with van der Waals surface area (Å²) in [6.45, 7) is 4.87. The molecule has 1 aromatic heterocycles. The van der Waals surface area contributed by atoms with Crippen molar-refractivity contribution in [1.82, 2.24) is 15.1 Å². The Bertz CT molecular complexity index is 553. The van der Waals surface area contributed by atoms with Crippen LogP contribution in [0.25, 0.3) is 5.69 Å². The molecule has 0 aliphatic carbocycles. The third-order valence-corrected chi connectivity index (χ3v) is 3.16. The number of hydrogen-bond acceptors (Lipinski definition) is 2. The second-order valence-electron chi connectivity index (χ2n) is 4.45. The third kappa shape index (κ3) is 3.14. The number of nitrogens with one attached hydrogen (secondary N) is 1. The predicted molar refractivity (Wildman–Crippen MR) is 75.2 cm³/mol. The lowest BCUT2D eigenvalue weighted by Crippen LogP contribution is -2.22. The maximum atomic E-state index is 14.1. The predicted octanol–water partition coefficient (Wildman–Crippen LogP) is 3.73. The van der Waals surface area contributed by atoms with Gasteiger partial charge < -0.3 is 5.32 Å². The molecule has 0 saturated heterocycles. The lowest BCUT2D eigenvalue weighted by Gasteiger charge is -2.18. The average Bonchev–Trinajstić information content (AvgIpc) is 2.82. The van der Waals surface area contributed by atoms with Crippen LogP contribution in [-0.2, 0) is 0 Å². The Morgan fingerprint density at radius 2 is 2.26 bits per heavy atom. The summed E-state index contributed by atoms with van der Waals surface area (Å²) in [4.78, 5) is 0. The van der Waals surface area contributed by atoms with E-state index >= 15 is 0 Å². The van der Waals surface area contributed by atoms with Crippen LogP contribution in [0.4, 0.5) is 4.39 Å². The highest BCUT2D eigenvalue weighted by atomic mass is 35.5. The van der Waals surface area contributed by atoms with Crippen molar-refractivity contribution >= 4 is 11.6 Å². The van der Waals surface area contributed by atoms with Crippen LogP contribution in [0, 0.1) is 5.82 Å². The van der Waals surface area contributed by atoms with E-state index in [1.54, 1.807) is 23.1 Å². The van der Waals surface area contributed by atoms with Gasteiger partial charge in [-0.05, 0) is 32.0 Å². The zero-order chi connectivity index (χ0) is 13.8. The molecular formula is C14H17ClFN3. The summed E-state index contributed by atoms with van der Waals surface area (Å²) in [5.41, 5.74) is 1.32. The zero-order valence-corrected chi connectivity index (χ0v) is 11.8. The molecule has 1 atom stereocenters. The molecule has 0 saturated carbocycles. The Kier molecular flexibility index (Phi) is 4.56. The van der Waals surface area contributed by atoms with Gasteiger partial charge in [0.15, 0.2) is 0 Å². The fourth-order valence-electron chi connectivity index (χ4n) is 2.05. The lowest BCUT2D eigenvalue weighted by molar-refractivity contribution is 0.523. The van der Waals surface area contributed by atoms with Gasteiger partial charge in [0.05, 0.1) is 16.9 Å². The molecule has 0 aliphatic heterocycles. The molecular weight excluding hydrogens is 265 g/mol. The first-order valence-corrected chi connectivity index (χ1v) is 6.73. The molecule has 0 bridgehead atoms. The monoisotopic (exact) mass is 281 g/mol. The van der Waals surface area contributed by atoms with Gasteiger partial charge in [-0.2, -0.15) is 5.10 Å². The summed E-state index contributed by atoms with van der Waals surface area (Å²) in [5.74, 6) is -0.236. The van der Waals surface area contributed by atoms with Gasteiger partial charge in [0.2, 0.25) is 0 Å². The maximum Gasteiger partial charge on any atom is 0.130 e. The van der Waals surface area contributed by atoms with Crippen LogP contribution in [0.2, 0.25) is 5.02 Å². The van der Waals surface area contributed by atoms with Crippen molar-refractivity contribution in [1.29, 1.82) is 0 Å². The number of hydrogen-bond donors (Lipinski definition) is 1. The number of nitrogens with zero attached hydrogens (tertiary/aromatic N) is 2. The average molecular weight is 282 g/mol. The summed E-state index contributed by atoms with van der Waals surface area (Å²) < 4.78 is 15.7. The van der Waals surface area contributed by atoms with Gasteiger partial charge in [0.25, 0.3) is 0 Å². The topological polar surface area (TPSA) is 29.9 Å². The van der Waals surface area contributed by atoms with Crippen LogP contribution < -0.4 is 5.32 Å². The summed E-state index contributed by atoms with van der Waals surface area (Å²) in [6.07, 6.45) is 4.22. The maximum absolute atomic E-state index is 14.1. The minimum atomic E-state index is -0.236. The van der Waals surface area contributed by atoms with Crippen molar-refractivity contribution in [2.75, 3.05) is 6.54 Å². The molecule has 1 unspecified atom stereocenters. The zero-order valence-electron chi connectivity index (χ0n) is 11.0. The summed E-state index contributed by atoms with van der Waals surface area (Å²) in [5, 5.41) is 7.96. The fourth-order valence-corrected chi connectivity index (χ4v) is 2.19. The van der Waals surface area contributed by atoms with E-state index in [0.29, 0.717) is 16.3 Å². The van der Waals surface area contributed by atoms with Crippen LogP contribution in [0.3, 0.4) is 0 Å². The highest BCUT2D eigenvalue weighted by Crippen LogP contribution is 2.25. The van der Waals surface area contributed by atoms with E-state index in [1.165, 1.54) is 6.07 Å². The van der Waals surface area contributed by atoms with Gasteiger partial charge in [0.1, 0.15) is 5.82 Å². The Hall–Kier alpha value is -1.39.